The van der Waals surface area contributed by atoms with E-state index in [2.05, 4.69) is 24.3 Å². The molecule has 2 rings (SSSR count). The van der Waals surface area contributed by atoms with E-state index in [1.54, 1.807) is 0 Å². The molecular formula is C13H17ClO2Ti. The summed E-state index contributed by atoms with van der Waals surface area (Å²) in [6.07, 6.45) is 4.24. The standard InChI is InChI=1S/C9H7.2C2H5O.ClH.Ti/c1-2-5-9-7-3-6-8(9)4-1;2*1-2-3;;/h1-7H;2*2H2,1H3;1H;/q;2*-1;;+3/p-1. The summed E-state index contributed by atoms with van der Waals surface area (Å²) in [5.74, 6) is 0. The van der Waals surface area contributed by atoms with Crippen LogP contribution < -0.4 is 0 Å². The molecule has 1 aromatic rings. The van der Waals surface area contributed by atoms with Crippen LogP contribution in [0.3, 0.4) is 0 Å². The average Bonchev–Trinajstić information content (AvgIpc) is 2.74. The molecular weight excluding hydrogens is 271 g/mol. The maximum absolute atomic E-state index is 6.67. The Morgan fingerprint density at radius 2 is 1.82 bits per heavy atom. The number of hydrogen-bond donors (Lipinski definition) is 0. The molecule has 0 aliphatic heterocycles. The first kappa shape index (κ1) is 13.3. The third kappa shape index (κ3) is 2.67. The van der Waals surface area contributed by atoms with Gasteiger partial charge in [0.05, 0.1) is 0 Å². The van der Waals surface area contributed by atoms with Crippen molar-refractivity contribution in [3.05, 3.63) is 41.5 Å². The molecule has 1 atom stereocenters. The van der Waals surface area contributed by atoms with Crippen LogP contribution in [0.1, 0.15) is 29.2 Å². The third-order valence-corrected chi connectivity index (χ3v) is 8.80. The minimum atomic E-state index is -3.24. The Bertz CT molecular complexity index is 414. The van der Waals surface area contributed by atoms with Gasteiger partial charge in [-0.25, -0.2) is 0 Å². The van der Waals surface area contributed by atoms with Crippen molar-refractivity contribution in [2.45, 2.75) is 18.1 Å². The molecule has 0 saturated heterocycles. The Morgan fingerprint density at radius 3 is 2.47 bits per heavy atom. The van der Waals surface area contributed by atoms with Crippen LogP contribution >= 0.6 is 9.30 Å². The van der Waals surface area contributed by atoms with Crippen molar-refractivity contribution >= 4 is 15.4 Å². The van der Waals surface area contributed by atoms with Crippen LogP contribution in [-0.4, -0.2) is 13.2 Å². The molecule has 0 amide bonds. The average molecular weight is 289 g/mol. The van der Waals surface area contributed by atoms with Crippen LogP contribution in [-0.2, 0) is 22.9 Å². The molecule has 4 heteroatoms. The molecule has 0 spiro atoms. The summed E-state index contributed by atoms with van der Waals surface area (Å²) in [5.41, 5.74) is 2.47. The van der Waals surface area contributed by atoms with E-state index >= 15 is 0 Å². The summed E-state index contributed by atoms with van der Waals surface area (Å²) in [6.45, 7) is 5.14. The minimum absolute atomic E-state index is 0.132. The van der Waals surface area contributed by atoms with Crippen LogP contribution in [0.2, 0.25) is 0 Å². The van der Waals surface area contributed by atoms with E-state index in [1.165, 1.54) is 11.1 Å². The van der Waals surface area contributed by atoms with Crippen molar-refractivity contribution in [2.75, 3.05) is 13.2 Å². The fraction of sp³-hybridized carbons (Fsp3) is 0.385. The van der Waals surface area contributed by atoms with Gasteiger partial charge in [0.1, 0.15) is 0 Å². The van der Waals surface area contributed by atoms with E-state index in [1.807, 2.05) is 26.0 Å². The van der Waals surface area contributed by atoms with Gasteiger partial charge in [-0.2, -0.15) is 0 Å². The Morgan fingerprint density at radius 1 is 1.18 bits per heavy atom. The monoisotopic (exact) mass is 288 g/mol. The number of rotatable bonds is 5. The molecule has 0 radical (unpaired) electrons. The molecule has 0 aromatic heterocycles. The fourth-order valence-corrected chi connectivity index (χ4v) is 7.27. The predicted octanol–water partition coefficient (Wildman–Crippen LogP) is 3.97. The summed E-state index contributed by atoms with van der Waals surface area (Å²) in [7, 11) is 6.67. The summed E-state index contributed by atoms with van der Waals surface area (Å²) in [6, 6.07) is 8.29. The summed E-state index contributed by atoms with van der Waals surface area (Å²) in [4.78, 5) is 0. The van der Waals surface area contributed by atoms with Crippen molar-refractivity contribution in [1.82, 2.24) is 0 Å². The molecule has 0 heterocycles. The summed E-state index contributed by atoms with van der Waals surface area (Å²) in [5, 5.41) is 0. The predicted molar refractivity (Wildman–Crippen MR) is 67.3 cm³/mol. The van der Waals surface area contributed by atoms with Gasteiger partial charge in [-0.05, 0) is 0 Å². The van der Waals surface area contributed by atoms with Crippen LogP contribution in [0.5, 0.6) is 0 Å². The van der Waals surface area contributed by atoms with E-state index in [4.69, 9.17) is 15.9 Å². The van der Waals surface area contributed by atoms with E-state index < -0.39 is 16.3 Å². The molecule has 1 aliphatic carbocycles. The summed E-state index contributed by atoms with van der Waals surface area (Å²) < 4.78 is 11.7. The second-order valence-electron chi connectivity index (χ2n) is 3.91. The van der Waals surface area contributed by atoms with Gasteiger partial charge in [0.25, 0.3) is 0 Å². The summed E-state index contributed by atoms with van der Waals surface area (Å²) >= 11 is -3.24. The van der Waals surface area contributed by atoms with Gasteiger partial charge in [0, 0.05) is 0 Å². The van der Waals surface area contributed by atoms with Crippen molar-refractivity contribution in [2.24, 2.45) is 0 Å². The first-order chi connectivity index (χ1) is 8.21. The van der Waals surface area contributed by atoms with Crippen molar-refractivity contribution < 1.29 is 22.9 Å². The quantitative estimate of drug-likeness (QED) is 0.763. The van der Waals surface area contributed by atoms with Crippen molar-refractivity contribution in [3.8, 4) is 0 Å². The van der Waals surface area contributed by atoms with Crippen LogP contribution in [0.15, 0.2) is 30.3 Å². The number of allylic oxidation sites excluding steroid dienone is 1. The molecule has 1 unspecified atom stereocenters. The maximum atomic E-state index is 6.67. The topological polar surface area (TPSA) is 18.5 Å². The van der Waals surface area contributed by atoms with Gasteiger partial charge < -0.3 is 0 Å². The number of halogens is 1. The first-order valence-corrected chi connectivity index (χ1v) is 10.3. The van der Waals surface area contributed by atoms with Gasteiger partial charge in [-0.15, -0.1) is 0 Å². The molecule has 0 bridgehead atoms. The Kier molecular flexibility index (Phi) is 4.45. The van der Waals surface area contributed by atoms with Crippen LogP contribution in [0.25, 0.3) is 6.08 Å². The van der Waals surface area contributed by atoms with Crippen molar-refractivity contribution in [1.29, 1.82) is 0 Å². The van der Waals surface area contributed by atoms with E-state index in [0.29, 0.717) is 13.2 Å². The van der Waals surface area contributed by atoms with Crippen LogP contribution in [0.4, 0.5) is 0 Å². The molecule has 17 heavy (non-hydrogen) atoms. The zero-order valence-electron chi connectivity index (χ0n) is 10.2. The Balaban J connectivity index is 2.31. The van der Waals surface area contributed by atoms with Gasteiger partial charge in [0.15, 0.2) is 0 Å². The fourth-order valence-electron chi connectivity index (χ4n) is 2.16. The van der Waals surface area contributed by atoms with E-state index in [0.717, 1.165) is 0 Å². The van der Waals surface area contributed by atoms with Gasteiger partial charge in [-0.3, -0.25) is 0 Å². The van der Waals surface area contributed by atoms with E-state index in [9.17, 15) is 0 Å². The number of fused-ring (bicyclic) bond motifs is 1. The number of hydrogen-bond acceptors (Lipinski definition) is 2. The first-order valence-electron chi connectivity index (χ1n) is 5.95. The zero-order valence-corrected chi connectivity index (χ0v) is 12.5. The zero-order chi connectivity index (χ0) is 12.3. The second-order valence-corrected chi connectivity index (χ2v) is 9.78. The number of benzene rings is 1. The SMILES string of the molecule is CC[O][Ti]([Cl])([O]CC)[CH]1C=Cc2ccccc21. The van der Waals surface area contributed by atoms with Crippen LogP contribution in [0, 0.1) is 0 Å². The molecule has 0 saturated carbocycles. The van der Waals surface area contributed by atoms with Gasteiger partial charge in [-0.1, -0.05) is 0 Å². The van der Waals surface area contributed by atoms with E-state index in [-0.39, 0.29) is 4.22 Å². The Labute approximate surface area is 111 Å². The normalized spacial score (nSPS) is 18.4. The molecule has 92 valence electrons. The molecule has 2 nitrogen and oxygen atoms in total. The molecule has 0 N–H and O–H groups in total. The third-order valence-electron chi connectivity index (χ3n) is 2.85. The molecule has 1 aliphatic rings. The Hall–Kier alpha value is -0.116. The van der Waals surface area contributed by atoms with Crippen molar-refractivity contribution in [3.63, 3.8) is 0 Å². The molecule has 1 aromatic carbocycles. The molecule has 0 fully saturated rings. The second kappa shape index (κ2) is 5.68. The van der Waals surface area contributed by atoms with Gasteiger partial charge >= 0.3 is 111 Å². The van der Waals surface area contributed by atoms with Gasteiger partial charge in [0.2, 0.25) is 0 Å².